The predicted molar refractivity (Wildman–Crippen MR) is 106 cm³/mol. The number of aromatic nitrogens is 2. The van der Waals surface area contributed by atoms with Gasteiger partial charge in [0.25, 0.3) is 11.2 Å². The van der Waals surface area contributed by atoms with Gasteiger partial charge in [0.05, 0.1) is 16.9 Å². The first-order chi connectivity index (χ1) is 13.3. The maximum absolute atomic E-state index is 12.3. The fraction of sp³-hybridized carbons (Fsp3) is 0.0556. The van der Waals surface area contributed by atoms with E-state index in [4.69, 9.17) is 23.2 Å². The Hall–Kier alpha value is -3.23. The molecule has 0 aliphatic rings. The number of amides is 1. The Kier molecular flexibility index (Phi) is 5.72. The standard InChI is InChI=1S/C18H12Cl2N4O4/c19-12-3-1-11(2-4-12)15-8-18(26)23(10-21-15)9-17(25)22-13-5-6-14(20)16(7-13)24(27)28/h1-8,10H,9H2,(H,22,25). The molecule has 0 aliphatic heterocycles. The highest BCUT2D eigenvalue weighted by Gasteiger charge is 2.14. The second-order valence-electron chi connectivity index (χ2n) is 5.72. The van der Waals surface area contributed by atoms with E-state index >= 15 is 0 Å². The van der Waals surface area contributed by atoms with Gasteiger partial charge in [0.1, 0.15) is 11.6 Å². The summed E-state index contributed by atoms with van der Waals surface area (Å²) in [6.45, 7) is -0.302. The van der Waals surface area contributed by atoms with Crippen molar-refractivity contribution in [2.75, 3.05) is 5.32 Å². The SMILES string of the molecule is O=C(Cn1cnc(-c2ccc(Cl)cc2)cc1=O)Nc1ccc(Cl)c([N+](=O)[O-])c1. The van der Waals surface area contributed by atoms with Crippen molar-refractivity contribution in [3.63, 3.8) is 0 Å². The molecule has 1 heterocycles. The molecule has 0 aliphatic carbocycles. The van der Waals surface area contributed by atoms with Gasteiger partial charge in [-0.2, -0.15) is 0 Å². The molecule has 0 unspecified atom stereocenters. The van der Waals surface area contributed by atoms with Gasteiger partial charge in [-0.15, -0.1) is 0 Å². The summed E-state index contributed by atoms with van der Waals surface area (Å²) in [6, 6.07) is 12.0. The summed E-state index contributed by atoms with van der Waals surface area (Å²) in [5, 5.41) is 13.9. The number of nitro groups is 1. The van der Waals surface area contributed by atoms with Crippen LogP contribution in [-0.2, 0) is 11.3 Å². The number of carbonyl (C=O) groups is 1. The van der Waals surface area contributed by atoms with Crippen molar-refractivity contribution in [1.29, 1.82) is 0 Å². The van der Waals surface area contributed by atoms with Gasteiger partial charge in [-0.05, 0) is 24.3 Å². The summed E-state index contributed by atoms with van der Waals surface area (Å²) in [4.78, 5) is 38.9. The highest BCUT2D eigenvalue weighted by atomic mass is 35.5. The first-order valence-electron chi connectivity index (χ1n) is 7.90. The highest BCUT2D eigenvalue weighted by Crippen LogP contribution is 2.27. The number of benzene rings is 2. The van der Waals surface area contributed by atoms with E-state index in [0.29, 0.717) is 16.3 Å². The number of nitrogens with zero attached hydrogens (tertiary/aromatic N) is 3. The highest BCUT2D eigenvalue weighted by molar-refractivity contribution is 6.32. The van der Waals surface area contributed by atoms with Crippen LogP contribution in [0.2, 0.25) is 10.0 Å². The molecule has 0 fully saturated rings. The van der Waals surface area contributed by atoms with Crippen LogP contribution in [0.25, 0.3) is 11.3 Å². The van der Waals surface area contributed by atoms with E-state index in [-0.39, 0.29) is 22.9 Å². The van der Waals surface area contributed by atoms with Crippen LogP contribution in [0, 0.1) is 10.1 Å². The van der Waals surface area contributed by atoms with Gasteiger partial charge < -0.3 is 5.32 Å². The van der Waals surface area contributed by atoms with Gasteiger partial charge in [-0.25, -0.2) is 4.98 Å². The summed E-state index contributed by atoms with van der Waals surface area (Å²) in [5.41, 5.74) is 0.612. The second-order valence-corrected chi connectivity index (χ2v) is 6.56. The first-order valence-corrected chi connectivity index (χ1v) is 8.65. The number of nitro benzene ring substituents is 1. The van der Waals surface area contributed by atoms with Crippen LogP contribution in [0.5, 0.6) is 0 Å². The van der Waals surface area contributed by atoms with Crippen molar-refractivity contribution < 1.29 is 9.72 Å². The molecule has 2 aromatic carbocycles. The van der Waals surface area contributed by atoms with Crippen LogP contribution in [0.3, 0.4) is 0 Å². The summed E-state index contributed by atoms with van der Waals surface area (Å²) < 4.78 is 1.12. The third-order valence-corrected chi connectivity index (χ3v) is 4.33. The summed E-state index contributed by atoms with van der Waals surface area (Å²) >= 11 is 11.6. The van der Waals surface area contributed by atoms with E-state index in [1.165, 1.54) is 24.5 Å². The monoisotopic (exact) mass is 418 g/mol. The third-order valence-electron chi connectivity index (χ3n) is 3.76. The number of nitrogens with one attached hydrogen (secondary N) is 1. The van der Waals surface area contributed by atoms with Crippen molar-refractivity contribution in [2.24, 2.45) is 0 Å². The molecular formula is C18H12Cl2N4O4. The molecule has 0 saturated carbocycles. The van der Waals surface area contributed by atoms with Crippen molar-refractivity contribution in [3.05, 3.63) is 85.4 Å². The Balaban J connectivity index is 1.74. The summed E-state index contributed by atoms with van der Waals surface area (Å²) in [5.74, 6) is -0.542. The molecular weight excluding hydrogens is 407 g/mol. The molecule has 0 bridgehead atoms. The van der Waals surface area contributed by atoms with E-state index in [0.717, 1.165) is 10.6 Å². The molecule has 3 rings (SSSR count). The molecule has 1 aromatic heterocycles. The van der Waals surface area contributed by atoms with E-state index < -0.39 is 16.4 Å². The van der Waals surface area contributed by atoms with Gasteiger partial charge in [-0.3, -0.25) is 24.3 Å². The lowest BCUT2D eigenvalue weighted by molar-refractivity contribution is -0.384. The molecule has 142 valence electrons. The summed E-state index contributed by atoms with van der Waals surface area (Å²) in [6.07, 6.45) is 1.26. The fourth-order valence-corrected chi connectivity index (χ4v) is 2.72. The van der Waals surface area contributed by atoms with Crippen molar-refractivity contribution in [2.45, 2.75) is 6.54 Å². The predicted octanol–water partition coefficient (Wildman–Crippen LogP) is 3.76. The van der Waals surface area contributed by atoms with Gasteiger partial charge >= 0.3 is 0 Å². The Morgan fingerprint density at radius 2 is 1.86 bits per heavy atom. The minimum absolute atomic E-state index is 0.0405. The summed E-state index contributed by atoms with van der Waals surface area (Å²) in [7, 11) is 0. The van der Waals surface area contributed by atoms with Gasteiger partial charge in [0.2, 0.25) is 5.91 Å². The lowest BCUT2D eigenvalue weighted by atomic mass is 10.1. The normalized spacial score (nSPS) is 10.5. The van der Waals surface area contributed by atoms with E-state index in [1.807, 2.05) is 0 Å². The third kappa shape index (κ3) is 4.54. The second kappa shape index (κ2) is 8.20. The van der Waals surface area contributed by atoms with Crippen LogP contribution in [0.1, 0.15) is 0 Å². The number of halogens is 2. The number of anilines is 1. The number of hydrogen-bond donors (Lipinski definition) is 1. The smallest absolute Gasteiger partial charge is 0.289 e. The minimum atomic E-state index is -0.651. The quantitative estimate of drug-likeness (QED) is 0.501. The minimum Gasteiger partial charge on any atom is -0.324 e. The van der Waals surface area contributed by atoms with Crippen LogP contribution in [-0.4, -0.2) is 20.4 Å². The zero-order valence-corrected chi connectivity index (χ0v) is 15.6. The van der Waals surface area contributed by atoms with E-state index in [1.54, 1.807) is 24.3 Å². The Morgan fingerprint density at radius 3 is 2.50 bits per heavy atom. The molecule has 0 saturated heterocycles. The number of hydrogen-bond acceptors (Lipinski definition) is 5. The maximum Gasteiger partial charge on any atom is 0.289 e. The first kappa shape index (κ1) is 19.5. The van der Waals surface area contributed by atoms with Crippen LogP contribution in [0.15, 0.2) is 59.7 Å². The van der Waals surface area contributed by atoms with Crippen LogP contribution in [0.4, 0.5) is 11.4 Å². The largest absolute Gasteiger partial charge is 0.324 e. The van der Waals surface area contributed by atoms with Crippen molar-refractivity contribution in [3.8, 4) is 11.3 Å². The fourth-order valence-electron chi connectivity index (χ4n) is 2.41. The van der Waals surface area contributed by atoms with E-state index in [9.17, 15) is 19.7 Å². The lowest BCUT2D eigenvalue weighted by Crippen LogP contribution is -2.27. The average Bonchev–Trinajstić information content (AvgIpc) is 2.65. The van der Waals surface area contributed by atoms with Crippen LogP contribution >= 0.6 is 23.2 Å². The Labute approximate surface area is 168 Å². The molecule has 10 heteroatoms. The molecule has 8 nitrogen and oxygen atoms in total. The van der Waals surface area contributed by atoms with Gasteiger partial charge in [0.15, 0.2) is 0 Å². The number of carbonyl (C=O) groups excluding carboxylic acids is 1. The zero-order valence-electron chi connectivity index (χ0n) is 14.1. The molecule has 3 aromatic rings. The molecule has 28 heavy (non-hydrogen) atoms. The zero-order chi connectivity index (χ0) is 20.3. The average molecular weight is 419 g/mol. The molecule has 0 radical (unpaired) electrons. The van der Waals surface area contributed by atoms with Crippen molar-refractivity contribution >= 4 is 40.5 Å². The Morgan fingerprint density at radius 1 is 1.14 bits per heavy atom. The molecule has 1 N–H and O–H groups in total. The lowest BCUT2D eigenvalue weighted by Gasteiger charge is -2.08. The van der Waals surface area contributed by atoms with E-state index in [2.05, 4.69) is 10.3 Å². The maximum atomic E-state index is 12.3. The molecule has 0 spiro atoms. The van der Waals surface area contributed by atoms with Crippen molar-refractivity contribution in [1.82, 2.24) is 9.55 Å². The van der Waals surface area contributed by atoms with Crippen LogP contribution < -0.4 is 10.9 Å². The van der Waals surface area contributed by atoms with Gasteiger partial charge in [0, 0.05) is 28.4 Å². The number of rotatable bonds is 5. The molecule has 1 amide bonds. The molecule has 0 atom stereocenters. The topological polar surface area (TPSA) is 107 Å². The Bertz CT molecular complexity index is 1110. The van der Waals surface area contributed by atoms with Gasteiger partial charge in [-0.1, -0.05) is 35.3 Å².